The van der Waals surface area contributed by atoms with E-state index in [2.05, 4.69) is 31.2 Å². The molecule has 7 heteroatoms. The Hall–Kier alpha value is -3.32. The third-order valence-electron chi connectivity index (χ3n) is 4.28. The van der Waals surface area contributed by atoms with Crippen LogP contribution in [0.15, 0.2) is 77.7 Å². The van der Waals surface area contributed by atoms with Gasteiger partial charge in [-0.05, 0) is 60.2 Å². The van der Waals surface area contributed by atoms with Gasteiger partial charge in [-0.15, -0.1) is 0 Å². The maximum Gasteiger partial charge on any atom is 0.251 e. The van der Waals surface area contributed by atoms with Crippen LogP contribution in [0.2, 0.25) is 0 Å². The Morgan fingerprint density at radius 1 is 1.00 bits per heavy atom. The Balaban J connectivity index is 1.57. The number of hydrogen-bond acceptors (Lipinski definition) is 4. The lowest BCUT2D eigenvalue weighted by molar-refractivity contribution is 0.0950. The number of aromatic nitrogens is 2. The zero-order valence-corrected chi connectivity index (χ0v) is 16.7. The Kier molecular flexibility index (Phi) is 5.48. The zero-order valence-electron chi connectivity index (χ0n) is 15.1. The number of carbonyl (C=O) groups excluding carboxylic acids is 1. The first-order chi connectivity index (χ1) is 14.1. The van der Waals surface area contributed by atoms with Gasteiger partial charge in [0.25, 0.3) is 5.91 Å². The number of amides is 1. The minimum absolute atomic E-state index is 0.0306. The van der Waals surface area contributed by atoms with E-state index >= 15 is 0 Å². The van der Waals surface area contributed by atoms with Crippen LogP contribution in [0.3, 0.4) is 0 Å². The van der Waals surface area contributed by atoms with E-state index in [9.17, 15) is 9.18 Å². The van der Waals surface area contributed by atoms with Crippen molar-refractivity contribution >= 4 is 32.7 Å². The molecule has 1 N–H and O–H groups in total. The van der Waals surface area contributed by atoms with Gasteiger partial charge in [0, 0.05) is 40.6 Å². The van der Waals surface area contributed by atoms with Gasteiger partial charge >= 0.3 is 0 Å². The maximum atomic E-state index is 14.3. The van der Waals surface area contributed by atoms with Crippen molar-refractivity contribution in [3.63, 3.8) is 0 Å². The predicted octanol–water partition coefficient (Wildman–Crippen LogP) is 5.25. The monoisotopic (exact) mass is 451 g/mol. The van der Waals surface area contributed by atoms with Gasteiger partial charge < -0.3 is 10.1 Å². The van der Waals surface area contributed by atoms with E-state index in [1.165, 1.54) is 18.2 Å². The van der Waals surface area contributed by atoms with Crippen molar-refractivity contribution in [3.05, 3.63) is 94.6 Å². The largest absolute Gasteiger partial charge is 0.453 e. The summed E-state index contributed by atoms with van der Waals surface area (Å²) in [5.41, 5.74) is 1.93. The van der Waals surface area contributed by atoms with Crippen molar-refractivity contribution in [2.45, 2.75) is 6.54 Å². The van der Waals surface area contributed by atoms with Crippen LogP contribution < -0.4 is 10.1 Å². The Morgan fingerprint density at radius 3 is 2.66 bits per heavy atom. The van der Waals surface area contributed by atoms with Crippen LogP contribution in [-0.4, -0.2) is 15.9 Å². The fourth-order valence-electron chi connectivity index (χ4n) is 2.81. The zero-order chi connectivity index (χ0) is 20.2. The smallest absolute Gasteiger partial charge is 0.251 e. The van der Waals surface area contributed by atoms with Gasteiger partial charge in [-0.2, -0.15) is 0 Å². The lowest BCUT2D eigenvalue weighted by Gasteiger charge is -2.11. The lowest BCUT2D eigenvalue weighted by atomic mass is 10.1. The van der Waals surface area contributed by atoms with E-state index in [1.54, 1.807) is 24.7 Å². The average Bonchev–Trinajstić information content (AvgIpc) is 2.74. The van der Waals surface area contributed by atoms with Crippen LogP contribution in [0.25, 0.3) is 10.9 Å². The number of rotatable bonds is 5. The van der Waals surface area contributed by atoms with Crippen LogP contribution in [-0.2, 0) is 6.54 Å². The number of benzene rings is 2. The van der Waals surface area contributed by atoms with E-state index in [0.717, 1.165) is 15.4 Å². The molecule has 2 aromatic carbocycles. The van der Waals surface area contributed by atoms with Crippen LogP contribution >= 0.6 is 15.9 Å². The molecule has 2 aromatic heterocycles. The molecule has 2 heterocycles. The Bertz CT molecular complexity index is 1190. The van der Waals surface area contributed by atoms with Gasteiger partial charge in [0.05, 0.1) is 5.52 Å². The highest BCUT2D eigenvalue weighted by molar-refractivity contribution is 9.10. The Morgan fingerprint density at radius 2 is 1.83 bits per heavy atom. The molecule has 0 radical (unpaired) electrons. The van der Waals surface area contributed by atoms with Crippen molar-refractivity contribution in [2.75, 3.05) is 0 Å². The molecule has 0 aliphatic heterocycles. The summed E-state index contributed by atoms with van der Waals surface area (Å²) in [6.07, 6.45) is 4.90. The standard InChI is InChI=1S/C22H15BrFN3O2/c23-16-2-3-17-19(12-16)26-10-7-20(17)29-21-11-15(1-4-18(21)24)22(28)27-13-14-5-8-25-9-6-14/h1-12H,13H2,(H,27,28). The van der Waals surface area contributed by atoms with Gasteiger partial charge in [-0.25, -0.2) is 4.39 Å². The molecule has 144 valence electrons. The average molecular weight is 452 g/mol. The topological polar surface area (TPSA) is 64.1 Å². The summed E-state index contributed by atoms with van der Waals surface area (Å²) < 4.78 is 21.0. The summed E-state index contributed by atoms with van der Waals surface area (Å²) in [7, 11) is 0. The maximum absolute atomic E-state index is 14.3. The van der Waals surface area contributed by atoms with Crippen molar-refractivity contribution in [1.29, 1.82) is 0 Å². The molecule has 0 bridgehead atoms. The number of halogens is 2. The quantitative estimate of drug-likeness (QED) is 0.449. The molecule has 0 saturated heterocycles. The number of fused-ring (bicyclic) bond motifs is 1. The lowest BCUT2D eigenvalue weighted by Crippen LogP contribution is -2.22. The normalized spacial score (nSPS) is 10.7. The fraction of sp³-hybridized carbons (Fsp3) is 0.0455. The van der Waals surface area contributed by atoms with Crippen LogP contribution in [0.1, 0.15) is 15.9 Å². The van der Waals surface area contributed by atoms with Crippen LogP contribution in [0, 0.1) is 5.82 Å². The fourth-order valence-corrected chi connectivity index (χ4v) is 3.16. The van der Waals surface area contributed by atoms with Crippen molar-refractivity contribution in [3.8, 4) is 11.5 Å². The molecule has 29 heavy (non-hydrogen) atoms. The molecular weight excluding hydrogens is 437 g/mol. The van der Waals surface area contributed by atoms with Crippen LogP contribution in [0.4, 0.5) is 4.39 Å². The van der Waals surface area contributed by atoms with Crippen molar-refractivity contribution in [1.82, 2.24) is 15.3 Å². The van der Waals surface area contributed by atoms with E-state index in [4.69, 9.17) is 4.74 Å². The third-order valence-corrected chi connectivity index (χ3v) is 4.77. The summed E-state index contributed by atoms with van der Waals surface area (Å²) in [6, 6.07) is 14.9. The number of ether oxygens (including phenoxy) is 1. The Labute approximate surface area is 174 Å². The number of nitrogens with zero attached hydrogens (tertiary/aromatic N) is 2. The first-order valence-corrected chi connectivity index (χ1v) is 9.58. The molecule has 0 aliphatic rings. The SMILES string of the molecule is O=C(NCc1ccncc1)c1ccc(F)c(Oc2ccnc3cc(Br)ccc23)c1. The highest BCUT2D eigenvalue weighted by Gasteiger charge is 2.13. The summed E-state index contributed by atoms with van der Waals surface area (Å²) in [5.74, 6) is -0.458. The summed E-state index contributed by atoms with van der Waals surface area (Å²) in [5, 5.41) is 3.54. The minimum Gasteiger partial charge on any atom is -0.453 e. The van der Waals surface area contributed by atoms with Gasteiger partial charge in [0.15, 0.2) is 11.6 Å². The molecule has 0 spiro atoms. The summed E-state index contributed by atoms with van der Waals surface area (Å²) in [4.78, 5) is 20.7. The van der Waals surface area contributed by atoms with E-state index in [1.807, 2.05) is 30.3 Å². The molecule has 4 aromatic rings. The molecular formula is C22H15BrFN3O2. The molecule has 0 unspecified atom stereocenters. The second-order valence-corrected chi connectivity index (χ2v) is 7.17. The van der Waals surface area contributed by atoms with Gasteiger partial charge in [-0.3, -0.25) is 14.8 Å². The number of hydrogen-bond donors (Lipinski definition) is 1. The number of carbonyl (C=O) groups is 1. The van der Waals surface area contributed by atoms with Gasteiger partial charge in [0.1, 0.15) is 5.75 Å². The van der Waals surface area contributed by atoms with E-state index in [-0.39, 0.29) is 11.7 Å². The van der Waals surface area contributed by atoms with Crippen molar-refractivity contribution in [2.24, 2.45) is 0 Å². The van der Waals surface area contributed by atoms with Gasteiger partial charge in [0.2, 0.25) is 0 Å². The van der Waals surface area contributed by atoms with Crippen molar-refractivity contribution < 1.29 is 13.9 Å². The summed E-state index contributed by atoms with van der Waals surface area (Å²) in [6.45, 7) is 0.346. The van der Waals surface area contributed by atoms with Crippen LogP contribution in [0.5, 0.6) is 11.5 Å². The molecule has 5 nitrogen and oxygen atoms in total. The number of pyridine rings is 2. The number of nitrogens with one attached hydrogen (secondary N) is 1. The highest BCUT2D eigenvalue weighted by atomic mass is 79.9. The summed E-state index contributed by atoms with van der Waals surface area (Å²) >= 11 is 3.40. The molecule has 0 fully saturated rings. The molecule has 4 rings (SSSR count). The first kappa shape index (κ1) is 19.0. The molecule has 1 amide bonds. The predicted molar refractivity (Wildman–Crippen MR) is 111 cm³/mol. The third kappa shape index (κ3) is 4.41. The molecule has 0 aliphatic carbocycles. The van der Waals surface area contributed by atoms with E-state index < -0.39 is 5.82 Å². The second-order valence-electron chi connectivity index (χ2n) is 6.26. The minimum atomic E-state index is -0.558. The second kappa shape index (κ2) is 8.36. The first-order valence-electron chi connectivity index (χ1n) is 8.79. The highest BCUT2D eigenvalue weighted by Crippen LogP contribution is 2.32. The van der Waals surface area contributed by atoms with E-state index in [0.29, 0.717) is 23.4 Å². The van der Waals surface area contributed by atoms with Gasteiger partial charge in [-0.1, -0.05) is 15.9 Å². The molecule has 0 saturated carbocycles. The molecule has 0 atom stereocenters.